The van der Waals surface area contributed by atoms with Crippen LogP contribution in [0.25, 0.3) is 16.5 Å². The van der Waals surface area contributed by atoms with E-state index in [1.54, 1.807) is 6.20 Å². The minimum atomic E-state index is 0.914. The summed E-state index contributed by atoms with van der Waals surface area (Å²) in [6.07, 6.45) is 3.77. The van der Waals surface area contributed by atoms with Crippen LogP contribution < -0.4 is 0 Å². The van der Waals surface area contributed by atoms with Gasteiger partial charge in [0, 0.05) is 34.4 Å². The molecule has 0 aliphatic heterocycles. The van der Waals surface area contributed by atoms with E-state index in [4.69, 9.17) is 0 Å². The van der Waals surface area contributed by atoms with Gasteiger partial charge < -0.3 is 4.98 Å². The van der Waals surface area contributed by atoms with Crippen LogP contribution in [0.1, 0.15) is 11.3 Å². The van der Waals surface area contributed by atoms with Gasteiger partial charge in [0.1, 0.15) is 0 Å². The van der Waals surface area contributed by atoms with E-state index in [1.807, 2.05) is 36.5 Å². The third kappa shape index (κ3) is 1.64. The minimum absolute atomic E-state index is 0.914. The first-order chi connectivity index (χ1) is 8.36. The molecule has 0 aliphatic carbocycles. The second-order valence-electron chi connectivity index (χ2n) is 3.94. The van der Waals surface area contributed by atoms with E-state index in [2.05, 4.69) is 28.7 Å². The van der Waals surface area contributed by atoms with Gasteiger partial charge in [-0.05, 0) is 18.2 Å². The summed E-state index contributed by atoms with van der Waals surface area (Å²) in [5, 5.41) is 1.18. The highest BCUT2D eigenvalue weighted by atomic mass is 14.7. The summed E-state index contributed by atoms with van der Waals surface area (Å²) in [6, 6.07) is 14.1. The molecule has 0 amide bonds. The van der Waals surface area contributed by atoms with E-state index in [9.17, 15) is 0 Å². The Labute approximate surface area is 99.6 Å². The Balaban J connectivity index is 2.14. The van der Waals surface area contributed by atoms with Crippen LogP contribution in [0.2, 0.25) is 0 Å². The van der Waals surface area contributed by atoms with Gasteiger partial charge in [-0.15, -0.1) is 0 Å². The lowest BCUT2D eigenvalue weighted by Gasteiger charge is -2.03. The molecule has 3 aromatic rings. The number of pyridine rings is 1. The Morgan fingerprint density at radius 1 is 1.06 bits per heavy atom. The molecule has 1 aromatic carbocycles. The van der Waals surface area contributed by atoms with Crippen molar-refractivity contribution in [3.05, 3.63) is 72.7 Å². The number of nitrogens with one attached hydrogen (secondary N) is 1. The van der Waals surface area contributed by atoms with Crippen molar-refractivity contribution in [3.63, 3.8) is 0 Å². The lowest BCUT2D eigenvalue weighted by molar-refractivity contribution is 1.28. The number of rotatable bonds is 2. The number of hydrogen-bond donors (Lipinski definition) is 1. The van der Waals surface area contributed by atoms with Crippen LogP contribution in [0.5, 0.6) is 0 Å². The Kier molecular flexibility index (Phi) is 2.26. The number of aromatic amines is 1. The van der Waals surface area contributed by atoms with E-state index in [0.717, 1.165) is 22.3 Å². The highest BCUT2D eigenvalue weighted by molar-refractivity contribution is 5.95. The van der Waals surface area contributed by atoms with Crippen molar-refractivity contribution >= 4 is 16.5 Å². The van der Waals surface area contributed by atoms with Gasteiger partial charge >= 0.3 is 0 Å². The first kappa shape index (κ1) is 9.85. The smallest absolute Gasteiger partial charge is 0.0702 e. The van der Waals surface area contributed by atoms with Gasteiger partial charge in [-0.25, -0.2) is 0 Å². The van der Waals surface area contributed by atoms with E-state index in [1.165, 1.54) is 5.39 Å². The van der Waals surface area contributed by atoms with Crippen molar-refractivity contribution in [3.8, 4) is 0 Å². The van der Waals surface area contributed by atoms with Crippen LogP contribution in [0, 0.1) is 0 Å². The molecule has 2 heterocycles. The number of nitrogens with zero attached hydrogens (tertiary/aromatic N) is 1. The molecule has 2 aromatic heterocycles. The van der Waals surface area contributed by atoms with E-state index >= 15 is 0 Å². The minimum Gasteiger partial charge on any atom is -0.361 e. The third-order valence-electron chi connectivity index (χ3n) is 2.89. The van der Waals surface area contributed by atoms with Gasteiger partial charge in [0.25, 0.3) is 0 Å². The van der Waals surface area contributed by atoms with Crippen LogP contribution in [-0.2, 0) is 0 Å². The van der Waals surface area contributed by atoms with Crippen LogP contribution in [-0.4, -0.2) is 9.97 Å². The largest absolute Gasteiger partial charge is 0.361 e. The molecule has 0 radical (unpaired) electrons. The van der Waals surface area contributed by atoms with Gasteiger partial charge in [0.2, 0.25) is 0 Å². The molecule has 0 saturated heterocycles. The summed E-state index contributed by atoms with van der Waals surface area (Å²) in [6.45, 7) is 4.14. The number of benzene rings is 1. The summed E-state index contributed by atoms with van der Waals surface area (Å²) in [4.78, 5) is 7.58. The molecule has 0 saturated carbocycles. The molecule has 0 spiro atoms. The number of aromatic nitrogens is 2. The molecule has 1 N–H and O–H groups in total. The van der Waals surface area contributed by atoms with Crippen molar-refractivity contribution in [1.82, 2.24) is 9.97 Å². The Bertz CT molecular complexity index is 665. The zero-order valence-electron chi connectivity index (χ0n) is 9.35. The van der Waals surface area contributed by atoms with Crippen LogP contribution in [0.4, 0.5) is 0 Å². The van der Waals surface area contributed by atoms with E-state index in [0.29, 0.717) is 0 Å². The summed E-state index contributed by atoms with van der Waals surface area (Å²) in [7, 11) is 0. The Morgan fingerprint density at radius 3 is 2.71 bits per heavy atom. The fourth-order valence-electron chi connectivity index (χ4n) is 2.00. The molecular formula is C15H12N2. The standard InChI is InChI=1S/C15H12N2/c1-11(14-7-4-5-9-16-14)13-10-17-15-8-3-2-6-12(13)15/h2-10,17H,1H2. The molecule has 0 bridgehead atoms. The summed E-state index contributed by atoms with van der Waals surface area (Å²) >= 11 is 0. The zero-order valence-corrected chi connectivity index (χ0v) is 9.35. The molecule has 3 rings (SSSR count). The maximum atomic E-state index is 4.33. The zero-order chi connectivity index (χ0) is 11.7. The first-order valence-corrected chi connectivity index (χ1v) is 5.53. The van der Waals surface area contributed by atoms with Gasteiger partial charge in [0.15, 0.2) is 0 Å². The number of H-pyrrole nitrogens is 1. The number of hydrogen-bond acceptors (Lipinski definition) is 1. The monoisotopic (exact) mass is 220 g/mol. The molecule has 2 nitrogen and oxygen atoms in total. The lowest BCUT2D eigenvalue weighted by atomic mass is 10.0. The maximum absolute atomic E-state index is 4.33. The topological polar surface area (TPSA) is 28.7 Å². The third-order valence-corrected chi connectivity index (χ3v) is 2.89. The van der Waals surface area contributed by atoms with Crippen LogP contribution >= 0.6 is 0 Å². The molecule has 0 fully saturated rings. The SMILES string of the molecule is C=C(c1ccccn1)c1c[nH]c2ccccc12. The molecule has 0 unspecified atom stereocenters. The molecule has 0 aliphatic rings. The first-order valence-electron chi connectivity index (χ1n) is 5.53. The number of fused-ring (bicyclic) bond motifs is 1. The molecule has 2 heteroatoms. The van der Waals surface area contributed by atoms with Crippen molar-refractivity contribution in [2.45, 2.75) is 0 Å². The van der Waals surface area contributed by atoms with Gasteiger partial charge in [-0.2, -0.15) is 0 Å². The average Bonchev–Trinajstić information content (AvgIpc) is 2.83. The lowest BCUT2D eigenvalue weighted by Crippen LogP contribution is -1.87. The highest BCUT2D eigenvalue weighted by Crippen LogP contribution is 2.27. The summed E-state index contributed by atoms with van der Waals surface area (Å²) in [5.41, 5.74) is 4.10. The molecular weight excluding hydrogens is 208 g/mol. The summed E-state index contributed by atoms with van der Waals surface area (Å²) < 4.78 is 0. The maximum Gasteiger partial charge on any atom is 0.0702 e. The van der Waals surface area contributed by atoms with Gasteiger partial charge in [-0.3, -0.25) is 4.98 Å². The molecule has 0 atom stereocenters. The highest BCUT2D eigenvalue weighted by Gasteiger charge is 2.08. The van der Waals surface area contributed by atoms with Crippen molar-refractivity contribution in [1.29, 1.82) is 0 Å². The number of para-hydroxylation sites is 1. The van der Waals surface area contributed by atoms with Crippen molar-refractivity contribution < 1.29 is 0 Å². The molecule has 17 heavy (non-hydrogen) atoms. The summed E-state index contributed by atoms with van der Waals surface area (Å²) in [5.74, 6) is 0. The van der Waals surface area contributed by atoms with E-state index in [-0.39, 0.29) is 0 Å². The Morgan fingerprint density at radius 2 is 1.88 bits per heavy atom. The molecule has 82 valence electrons. The van der Waals surface area contributed by atoms with Gasteiger partial charge in [-0.1, -0.05) is 30.8 Å². The fraction of sp³-hybridized carbons (Fsp3) is 0. The normalized spacial score (nSPS) is 10.6. The predicted molar refractivity (Wildman–Crippen MR) is 70.7 cm³/mol. The van der Waals surface area contributed by atoms with Crippen molar-refractivity contribution in [2.24, 2.45) is 0 Å². The quantitative estimate of drug-likeness (QED) is 0.702. The fourth-order valence-corrected chi connectivity index (χ4v) is 2.00. The van der Waals surface area contributed by atoms with Crippen LogP contribution in [0.3, 0.4) is 0 Å². The second kappa shape index (κ2) is 3.91. The van der Waals surface area contributed by atoms with Crippen molar-refractivity contribution in [2.75, 3.05) is 0 Å². The van der Waals surface area contributed by atoms with E-state index < -0.39 is 0 Å². The predicted octanol–water partition coefficient (Wildman–Crippen LogP) is 3.62. The average molecular weight is 220 g/mol. The second-order valence-corrected chi connectivity index (χ2v) is 3.94. The van der Waals surface area contributed by atoms with Crippen LogP contribution in [0.15, 0.2) is 61.4 Å². The van der Waals surface area contributed by atoms with Gasteiger partial charge in [0.05, 0.1) is 5.69 Å². The Hall–Kier alpha value is -2.35.